The summed E-state index contributed by atoms with van der Waals surface area (Å²) < 4.78 is 1.64. The number of carbonyl (C=O) groups excluding carboxylic acids is 1. The van der Waals surface area contributed by atoms with E-state index in [9.17, 15) is 4.79 Å². The quantitative estimate of drug-likeness (QED) is 0.559. The van der Waals surface area contributed by atoms with Crippen molar-refractivity contribution in [2.45, 2.75) is 44.8 Å². The average molecular weight is 410 g/mol. The zero-order valence-corrected chi connectivity index (χ0v) is 18.1. The summed E-state index contributed by atoms with van der Waals surface area (Å²) >= 11 is 1.33. The Labute approximate surface area is 176 Å². The van der Waals surface area contributed by atoms with Crippen LogP contribution in [0.1, 0.15) is 50.8 Å². The van der Waals surface area contributed by atoms with E-state index in [1.54, 1.807) is 4.68 Å². The van der Waals surface area contributed by atoms with Crippen molar-refractivity contribution < 1.29 is 4.79 Å². The van der Waals surface area contributed by atoms with Gasteiger partial charge in [-0.25, -0.2) is 0 Å². The molecule has 1 atom stereocenters. The molecule has 0 bridgehead atoms. The molecule has 0 radical (unpaired) electrons. The van der Waals surface area contributed by atoms with E-state index in [2.05, 4.69) is 72.8 Å². The minimum Gasteiger partial charge on any atom is -0.348 e. The normalized spacial score (nSPS) is 12.3. The van der Waals surface area contributed by atoms with Crippen LogP contribution in [0.3, 0.4) is 0 Å². The first kappa shape index (κ1) is 21.0. The van der Waals surface area contributed by atoms with E-state index in [0.29, 0.717) is 11.1 Å². The Morgan fingerprint density at radius 2 is 1.66 bits per heavy atom. The summed E-state index contributed by atoms with van der Waals surface area (Å²) in [5.41, 5.74) is 3.29. The molecule has 29 heavy (non-hydrogen) atoms. The second-order valence-corrected chi connectivity index (χ2v) is 8.55. The van der Waals surface area contributed by atoms with E-state index in [0.717, 1.165) is 11.3 Å². The van der Waals surface area contributed by atoms with Gasteiger partial charge in [-0.1, -0.05) is 81.9 Å². The Hall–Kier alpha value is -2.67. The highest BCUT2D eigenvalue weighted by Crippen LogP contribution is 2.25. The first-order valence-electron chi connectivity index (χ1n) is 9.81. The predicted molar refractivity (Wildman–Crippen MR) is 116 cm³/mol. The molecular weight excluding hydrogens is 382 g/mol. The van der Waals surface area contributed by atoms with E-state index in [1.165, 1.54) is 17.3 Å². The van der Waals surface area contributed by atoms with Gasteiger partial charge in [-0.3, -0.25) is 4.79 Å². The molecule has 1 aromatic heterocycles. The lowest BCUT2D eigenvalue weighted by atomic mass is 9.93. The second-order valence-electron chi connectivity index (χ2n) is 7.61. The van der Waals surface area contributed by atoms with Crippen LogP contribution in [0.4, 0.5) is 0 Å². The van der Waals surface area contributed by atoms with Gasteiger partial charge in [0.15, 0.2) is 0 Å². The summed E-state index contributed by atoms with van der Waals surface area (Å²) in [7, 11) is 0. The molecule has 2 aromatic carbocycles. The van der Waals surface area contributed by atoms with Crippen molar-refractivity contribution in [2.75, 3.05) is 5.75 Å². The molecule has 1 amide bonds. The van der Waals surface area contributed by atoms with Gasteiger partial charge in [-0.2, -0.15) is 4.68 Å². The van der Waals surface area contributed by atoms with E-state index in [1.807, 2.05) is 30.3 Å². The number of hydrogen-bond acceptors (Lipinski definition) is 5. The van der Waals surface area contributed by atoms with Gasteiger partial charge in [0.2, 0.25) is 11.1 Å². The topological polar surface area (TPSA) is 72.7 Å². The SMILES string of the molecule is CC(C)c1ccc([C@H](NC(=O)CSc2nnnn2-c2ccccc2)C(C)C)cc1. The molecule has 0 fully saturated rings. The average Bonchev–Trinajstić information content (AvgIpc) is 3.19. The van der Waals surface area contributed by atoms with Gasteiger partial charge in [0, 0.05) is 0 Å². The number of rotatable bonds is 8. The second kappa shape index (κ2) is 9.69. The zero-order chi connectivity index (χ0) is 20.8. The molecule has 0 aliphatic heterocycles. The standard InChI is InChI=1S/C22H27N5OS/c1-15(2)17-10-12-18(13-11-17)21(16(3)4)23-20(28)14-29-22-24-25-26-27(22)19-8-6-5-7-9-19/h5-13,15-16,21H,14H2,1-4H3,(H,23,28)/t21-/m1/s1. The highest BCUT2D eigenvalue weighted by molar-refractivity contribution is 7.99. The molecule has 3 rings (SSSR count). The molecule has 6 nitrogen and oxygen atoms in total. The predicted octanol–water partition coefficient (Wildman–Crippen LogP) is 4.39. The highest BCUT2D eigenvalue weighted by atomic mass is 32.2. The Morgan fingerprint density at radius 1 is 1.00 bits per heavy atom. The highest BCUT2D eigenvalue weighted by Gasteiger charge is 2.19. The Kier molecular flexibility index (Phi) is 7.04. The van der Waals surface area contributed by atoms with Crippen LogP contribution in [0.2, 0.25) is 0 Å². The van der Waals surface area contributed by atoms with Crippen molar-refractivity contribution >= 4 is 17.7 Å². The van der Waals surface area contributed by atoms with Crippen LogP contribution in [0.25, 0.3) is 5.69 Å². The van der Waals surface area contributed by atoms with Crippen LogP contribution < -0.4 is 5.32 Å². The zero-order valence-electron chi connectivity index (χ0n) is 17.2. The number of amides is 1. The smallest absolute Gasteiger partial charge is 0.230 e. The number of para-hydroxylation sites is 1. The van der Waals surface area contributed by atoms with E-state index < -0.39 is 0 Å². The number of nitrogens with one attached hydrogen (secondary N) is 1. The molecule has 0 saturated heterocycles. The summed E-state index contributed by atoms with van der Waals surface area (Å²) in [6.07, 6.45) is 0. The van der Waals surface area contributed by atoms with Crippen LogP contribution in [-0.4, -0.2) is 31.9 Å². The maximum absolute atomic E-state index is 12.6. The molecule has 0 spiro atoms. The van der Waals surface area contributed by atoms with E-state index in [-0.39, 0.29) is 23.6 Å². The van der Waals surface area contributed by atoms with Gasteiger partial charge in [-0.05, 0) is 45.5 Å². The fraction of sp³-hybridized carbons (Fsp3) is 0.364. The maximum atomic E-state index is 12.6. The maximum Gasteiger partial charge on any atom is 0.230 e. The summed E-state index contributed by atoms with van der Waals surface area (Å²) in [6, 6.07) is 18.1. The lowest BCUT2D eigenvalue weighted by molar-refractivity contribution is -0.119. The van der Waals surface area contributed by atoms with Gasteiger partial charge in [0.05, 0.1) is 17.5 Å². The Balaban J connectivity index is 1.64. The molecule has 0 saturated carbocycles. The van der Waals surface area contributed by atoms with Crippen molar-refractivity contribution in [3.63, 3.8) is 0 Å². The third-order valence-corrected chi connectivity index (χ3v) is 5.64. The molecule has 1 heterocycles. The number of benzene rings is 2. The lowest BCUT2D eigenvalue weighted by Gasteiger charge is -2.23. The first-order chi connectivity index (χ1) is 14.0. The molecule has 0 aliphatic rings. The van der Waals surface area contributed by atoms with Gasteiger partial charge in [0.25, 0.3) is 0 Å². The number of tetrazole rings is 1. The third kappa shape index (κ3) is 5.44. The third-order valence-electron chi connectivity index (χ3n) is 4.72. The molecule has 1 N–H and O–H groups in total. The molecule has 7 heteroatoms. The monoisotopic (exact) mass is 409 g/mol. The number of nitrogens with zero attached hydrogens (tertiary/aromatic N) is 4. The van der Waals surface area contributed by atoms with Crippen LogP contribution in [0.5, 0.6) is 0 Å². The molecule has 0 aliphatic carbocycles. The minimum absolute atomic E-state index is 0.0329. The van der Waals surface area contributed by atoms with Crippen molar-refractivity contribution in [2.24, 2.45) is 5.92 Å². The molecule has 3 aromatic rings. The van der Waals surface area contributed by atoms with Gasteiger partial charge in [-0.15, -0.1) is 5.10 Å². The largest absolute Gasteiger partial charge is 0.348 e. The minimum atomic E-state index is -0.0377. The number of hydrogen-bond donors (Lipinski definition) is 1. The summed E-state index contributed by atoms with van der Waals surface area (Å²) in [6.45, 7) is 8.59. The van der Waals surface area contributed by atoms with Crippen molar-refractivity contribution in [3.05, 3.63) is 65.7 Å². The fourth-order valence-electron chi connectivity index (χ4n) is 3.07. The number of thioether (sulfide) groups is 1. The van der Waals surface area contributed by atoms with Crippen LogP contribution in [0.15, 0.2) is 59.8 Å². The van der Waals surface area contributed by atoms with Crippen molar-refractivity contribution in [1.82, 2.24) is 25.5 Å². The molecule has 0 unspecified atom stereocenters. The lowest BCUT2D eigenvalue weighted by Crippen LogP contribution is -2.33. The summed E-state index contributed by atoms with van der Waals surface area (Å²) in [4.78, 5) is 12.6. The Morgan fingerprint density at radius 3 is 2.28 bits per heavy atom. The van der Waals surface area contributed by atoms with E-state index in [4.69, 9.17) is 0 Å². The first-order valence-corrected chi connectivity index (χ1v) is 10.8. The van der Waals surface area contributed by atoms with Crippen LogP contribution in [0, 0.1) is 5.92 Å². The summed E-state index contributed by atoms with van der Waals surface area (Å²) in [5.74, 6) is 0.983. The fourth-order valence-corrected chi connectivity index (χ4v) is 3.77. The molecule has 152 valence electrons. The van der Waals surface area contributed by atoms with Crippen molar-refractivity contribution in [1.29, 1.82) is 0 Å². The van der Waals surface area contributed by atoms with Crippen LogP contribution >= 0.6 is 11.8 Å². The number of aromatic nitrogens is 4. The van der Waals surface area contributed by atoms with Crippen LogP contribution in [-0.2, 0) is 4.79 Å². The number of carbonyl (C=O) groups is 1. The summed E-state index contributed by atoms with van der Waals surface area (Å²) in [5, 5.41) is 15.6. The molecular formula is C22H27N5OS. The van der Waals surface area contributed by atoms with E-state index >= 15 is 0 Å². The Bertz CT molecular complexity index is 922. The van der Waals surface area contributed by atoms with Gasteiger partial charge < -0.3 is 5.32 Å². The van der Waals surface area contributed by atoms with Gasteiger partial charge in [0.1, 0.15) is 0 Å². The van der Waals surface area contributed by atoms with Crippen molar-refractivity contribution in [3.8, 4) is 5.69 Å². The van der Waals surface area contributed by atoms with Gasteiger partial charge >= 0.3 is 0 Å².